The molecule has 7 heteroatoms. The highest BCUT2D eigenvalue weighted by molar-refractivity contribution is 6.02. The van der Waals surface area contributed by atoms with Crippen molar-refractivity contribution in [3.8, 4) is 0 Å². The van der Waals surface area contributed by atoms with Crippen molar-refractivity contribution in [1.29, 1.82) is 0 Å². The zero-order chi connectivity index (χ0) is 13.8. The van der Waals surface area contributed by atoms with Crippen molar-refractivity contribution in [2.45, 2.75) is 19.8 Å². The number of rotatable bonds is 4. The largest absolute Gasteiger partial charge is 0.373 e. The maximum atomic E-state index is 11.4. The number of anilines is 2. The second kappa shape index (κ2) is 5.64. The van der Waals surface area contributed by atoms with Crippen molar-refractivity contribution in [3.63, 3.8) is 0 Å². The number of piperazine rings is 1. The van der Waals surface area contributed by atoms with Crippen LogP contribution in [0.4, 0.5) is 11.6 Å². The van der Waals surface area contributed by atoms with E-state index in [2.05, 4.69) is 20.6 Å². The van der Waals surface area contributed by atoms with E-state index >= 15 is 0 Å². The molecule has 1 aliphatic heterocycles. The van der Waals surface area contributed by atoms with Crippen molar-refractivity contribution in [3.05, 3.63) is 11.9 Å². The number of aryl methyl sites for hydroxylation is 1. The Labute approximate surface area is 111 Å². The Hall–Kier alpha value is -2.18. The van der Waals surface area contributed by atoms with Crippen LogP contribution in [-0.2, 0) is 16.0 Å². The number of hydrogen-bond acceptors (Lipinski definition) is 6. The number of carbonyl (C=O) groups excluding carboxylic acids is 2. The van der Waals surface area contributed by atoms with Gasteiger partial charge in [-0.2, -0.15) is 0 Å². The monoisotopic (exact) mass is 263 g/mol. The lowest BCUT2D eigenvalue weighted by atomic mass is 10.3. The van der Waals surface area contributed by atoms with Crippen LogP contribution in [0.25, 0.3) is 0 Å². The minimum atomic E-state index is -0.307. The molecule has 19 heavy (non-hydrogen) atoms. The van der Waals surface area contributed by atoms with Crippen LogP contribution >= 0.6 is 0 Å². The van der Waals surface area contributed by atoms with E-state index in [1.165, 1.54) is 0 Å². The van der Waals surface area contributed by atoms with Crippen molar-refractivity contribution < 1.29 is 9.59 Å². The first kappa shape index (κ1) is 13.3. The molecule has 0 aliphatic carbocycles. The summed E-state index contributed by atoms with van der Waals surface area (Å²) in [6.45, 7) is 2.32. The summed E-state index contributed by atoms with van der Waals surface area (Å²) in [6, 6.07) is 1.74. The Morgan fingerprint density at radius 1 is 1.32 bits per heavy atom. The molecule has 7 nitrogen and oxygen atoms in total. The molecular formula is C12H17N5O2. The third-order valence-corrected chi connectivity index (χ3v) is 2.76. The molecule has 2 amide bonds. The topological polar surface area (TPSA) is 87.2 Å². The molecule has 1 saturated heterocycles. The molecule has 2 N–H and O–H groups in total. The molecule has 1 aromatic heterocycles. The van der Waals surface area contributed by atoms with Gasteiger partial charge in [0, 0.05) is 19.5 Å². The van der Waals surface area contributed by atoms with Gasteiger partial charge < -0.3 is 10.2 Å². The summed E-state index contributed by atoms with van der Waals surface area (Å²) >= 11 is 0. The number of aromatic nitrogens is 2. The van der Waals surface area contributed by atoms with E-state index < -0.39 is 0 Å². The van der Waals surface area contributed by atoms with Crippen LogP contribution in [0.3, 0.4) is 0 Å². The zero-order valence-electron chi connectivity index (χ0n) is 11.1. The SMILES string of the molecule is CCCc1nc(NC)cc(N2CC(=O)NC(=O)C2)n1. The summed E-state index contributed by atoms with van der Waals surface area (Å²) in [6.07, 6.45) is 1.70. The van der Waals surface area contributed by atoms with Crippen LogP contribution in [0.2, 0.25) is 0 Å². The van der Waals surface area contributed by atoms with Crippen LogP contribution in [0, 0.1) is 0 Å². The van der Waals surface area contributed by atoms with Gasteiger partial charge in [0.1, 0.15) is 17.5 Å². The molecule has 1 fully saturated rings. The summed E-state index contributed by atoms with van der Waals surface area (Å²) < 4.78 is 0. The van der Waals surface area contributed by atoms with E-state index in [1.807, 2.05) is 6.92 Å². The summed E-state index contributed by atoms with van der Waals surface area (Å²) in [5.41, 5.74) is 0. The normalized spacial score (nSPS) is 15.4. The average Bonchev–Trinajstić information content (AvgIpc) is 2.37. The number of carbonyl (C=O) groups is 2. The van der Waals surface area contributed by atoms with Gasteiger partial charge in [0.2, 0.25) is 11.8 Å². The highest BCUT2D eigenvalue weighted by atomic mass is 16.2. The Bertz CT molecular complexity index is 487. The molecule has 0 spiro atoms. The number of hydrogen-bond donors (Lipinski definition) is 2. The summed E-state index contributed by atoms with van der Waals surface area (Å²) in [4.78, 5) is 33.2. The van der Waals surface area contributed by atoms with E-state index in [-0.39, 0.29) is 24.9 Å². The molecule has 1 aromatic rings. The molecule has 0 aromatic carbocycles. The van der Waals surface area contributed by atoms with Gasteiger partial charge in [-0.25, -0.2) is 9.97 Å². The van der Waals surface area contributed by atoms with Crippen LogP contribution in [0.15, 0.2) is 6.07 Å². The number of nitrogens with zero attached hydrogens (tertiary/aromatic N) is 3. The maximum Gasteiger partial charge on any atom is 0.246 e. The summed E-state index contributed by atoms with van der Waals surface area (Å²) in [5.74, 6) is 1.39. The Morgan fingerprint density at radius 2 is 2.00 bits per heavy atom. The van der Waals surface area contributed by atoms with Crippen LogP contribution in [0.5, 0.6) is 0 Å². The second-order valence-electron chi connectivity index (χ2n) is 4.36. The smallest absolute Gasteiger partial charge is 0.246 e. The molecule has 0 atom stereocenters. The van der Waals surface area contributed by atoms with Crippen LogP contribution in [-0.4, -0.2) is 41.9 Å². The minimum absolute atomic E-state index is 0.136. The van der Waals surface area contributed by atoms with Crippen molar-refractivity contribution >= 4 is 23.5 Å². The lowest BCUT2D eigenvalue weighted by molar-refractivity contribution is -0.130. The second-order valence-corrected chi connectivity index (χ2v) is 4.36. The maximum absolute atomic E-state index is 11.4. The first-order valence-corrected chi connectivity index (χ1v) is 6.25. The third-order valence-electron chi connectivity index (χ3n) is 2.76. The van der Waals surface area contributed by atoms with Gasteiger partial charge in [0.25, 0.3) is 0 Å². The average molecular weight is 263 g/mol. The van der Waals surface area contributed by atoms with Gasteiger partial charge in [0.05, 0.1) is 13.1 Å². The van der Waals surface area contributed by atoms with E-state index in [1.54, 1.807) is 18.0 Å². The van der Waals surface area contributed by atoms with Crippen molar-refractivity contribution in [1.82, 2.24) is 15.3 Å². The zero-order valence-corrected chi connectivity index (χ0v) is 11.1. The van der Waals surface area contributed by atoms with Crippen molar-refractivity contribution in [2.75, 3.05) is 30.4 Å². The van der Waals surface area contributed by atoms with Gasteiger partial charge >= 0.3 is 0 Å². The van der Waals surface area contributed by atoms with Gasteiger partial charge in [0.15, 0.2) is 0 Å². The fourth-order valence-corrected chi connectivity index (χ4v) is 1.91. The van der Waals surface area contributed by atoms with E-state index in [0.717, 1.165) is 12.8 Å². The van der Waals surface area contributed by atoms with E-state index in [9.17, 15) is 9.59 Å². The molecule has 102 valence electrons. The lowest BCUT2D eigenvalue weighted by Gasteiger charge is -2.26. The Morgan fingerprint density at radius 3 is 2.58 bits per heavy atom. The van der Waals surface area contributed by atoms with Gasteiger partial charge in [-0.05, 0) is 6.42 Å². The fraction of sp³-hybridized carbons (Fsp3) is 0.500. The molecule has 0 bridgehead atoms. The molecule has 0 saturated carbocycles. The predicted molar refractivity (Wildman–Crippen MR) is 70.9 cm³/mol. The molecule has 0 radical (unpaired) electrons. The van der Waals surface area contributed by atoms with Crippen LogP contribution in [0.1, 0.15) is 19.2 Å². The van der Waals surface area contributed by atoms with Gasteiger partial charge in [-0.1, -0.05) is 6.92 Å². The van der Waals surface area contributed by atoms with Crippen LogP contribution < -0.4 is 15.5 Å². The highest BCUT2D eigenvalue weighted by Crippen LogP contribution is 2.17. The molecule has 2 heterocycles. The van der Waals surface area contributed by atoms with E-state index in [4.69, 9.17) is 0 Å². The molecule has 0 unspecified atom stereocenters. The summed E-state index contributed by atoms with van der Waals surface area (Å²) in [5, 5.41) is 5.23. The quantitative estimate of drug-likeness (QED) is 0.740. The van der Waals surface area contributed by atoms with E-state index in [0.29, 0.717) is 17.5 Å². The first-order chi connectivity index (χ1) is 9.12. The minimum Gasteiger partial charge on any atom is -0.373 e. The molecule has 2 rings (SSSR count). The first-order valence-electron chi connectivity index (χ1n) is 6.25. The molecule has 1 aliphatic rings. The van der Waals surface area contributed by atoms with Gasteiger partial charge in [-0.3, -0.25) is 14.9 Å². The number of imide groups is 1. The molecular weight excluding hydrogens is 246 g/mol. The standard InChI is InChI=1S/C12H17N5O2/c1-3-4-8-14-9(13-2)5-10(15-8)17-6-11(18)16-12(19)7-17/h5H,3-4,6-7H2,1-2H3,(H,13,14,15)(H,16,18,19). The predicted octanol–water partition coefficient (Wildman–Crippen LogP) is -0.0664. The number of nitrogens with one attached hydrogen (secondary N) is 2. The summed E-state index contributed by atoms with van der Waals surface area (Å²) in [7, 11) is 1.77. The third kappa shape index (κ3) is 3.18. The lowest BCUT2D eigenvalue weighted by Crippen LogP contribution is -2.51. The highest BCUT2D eigenvalue weighted by Gasteiger charge is 2.24. The Balaban J connectivity index is 2.29. The fourth-order valence-electron chi connectivity index (χ4n) is 1.91. The Kier molecular flexibility index (Phi) is 3.94. The van der Waals surface area contributed by atoms with Gasteiger partial charge in [-0.15, -0.1) is 0 Å². The van der Waals surface area contributed by atoms with Crippen molar-refractivity contribution in [2.24, 2.45) is 0 Å². The number of amides is 2.